The Balaban J connectivity index is 2.83. The van der Waals surface area contributed by atoms with E-state index in [9.17, 15) is 9.18 Å². The van der Waals surface area contributed by atoms with Crippen molar-refractivity contribution in [2.24, 2.45) is 0 Å². The first-order chi connectivity index (χ1) is 6.67. The molecule has 0 atom stereocenters. The van der Waals surface area contributed by atoms with Crippen LogP contribution in [0.4, 0.5) is 4.39 Å². The van der Waals surface area contributed by atoms with Crippen molar-refractivity contribution >= 4 is 21.9 Å². The van der Waals surface area contributed by atoms with Gasteiger partial charge in [-0.05, 0) is 17.2 Å². The summed E-state index contributed by atoms with van der Waals surface area (Å²) in [4.78, 5) is 10.9. The first kappa shape index (κ1) is 11.2. The van der Waals surface area contributed by atoms with E-state index >= 15 is 0 Å². The lowest BCUT2D eigenvalue weighted by Crippen LogP contribution is -2.06. The van der Waals surface area contributed by atoms with E-state index < -0.39 is 5.97 Å². The first-order valence-corrected chi connectivity index (χ1v) is 5.19. The molecule has 0 amide bonds. The Morgan fingerprint density at radius 2 is 2.29 bits per heavy atom. The molecule has 76 valence electrons. The molecule has 0 aromatic heterocycles. The Bertz CT molecular complexity index is 339. The van der Waals surface area contributed by atoms with E-state index in [4.69, 9.17) is 0 Å². The molecule has 0 fully saturated rings. The van der Waals surface area contributed by atoms with Gasteiger partial charge >= 0.3 is 5.97 Å². The molecule has 4 heteroatoms. The zero-order valence-corrected chi connectivity index (χ0v) is 9.30. The van der Waals surface area contributed by atoms with Gasteiger partial charge in [-0.2, -0.15) is 0 Å². The van der Waals surface area contributed by atoms with Crippen LogP contribution in [0.3, 0.4) is 0 Å². The molecule has 0 aliphatic rings. The summed E-state index contributed by atoms with van der Waals surface area (Å²) in [5.74, 6) is -0.803. The van der Waals surface area contributed by atoms with Crippen LogP contribution in [-0.2, 0) is 21.3 Å². The fourth-order valence-electron chi connectivity index (χ4n) is 1.04. The highest BCUT2D eigenvalue weighted by atomic mass is 79.9. The van der Waals surface area contributed by atoms with Gasteiger partial charge in [0.25, 0.3) is 0 Å². The zero-order chi connectivity index (χ0) is 10.6. The number of carbonyl (C=O) groups excluding carboxylic acids is 1. The van der Waals surface area contributed by atoms with E-state index in [1.807, 2.05) is 0 Å². The fraction of sp³-hybridized carbons (Fsp3) is 0.300. The number of hydrogen-bond acceptors (Lipinski definition) is 2. The smallest absolute Gasteiger partial charge is 0.310 e. The summed E-state index contributed by atoms with van der Waals surface area (Å²) in [7, 11) is 1.28. The third-order valence-electron chi connectivity index (χ3n) is 1.83. The van der Waals surface area contributed by atoms with Crippen molar-refractivity contribution < 1.29 is 13.9 Å². The van der Waals surface area contributed by atoms with Crippen LogP contribution in [0.5, 0.6) is 0 Å². The van der Waals surface area contributed by atoms with Crippen molar-refractivity contribution in [1.82, 2.24) is 0 Å². The maximum Gasteiger partial charge on any atom is 0.310 e. The van der Waals surface area contributed by atoms with Gasteiger partial charge in [0.05, 0.1) is 13.5 Å². The lowest BCUT2D eigenvalue weighted by Gasteiger charge is -2.03. The van der Waals surface area contributed by atoms with Gasteiger partial charge in [-0.1, -0.05) is 28.1 Å². The molecule has 1 aromatic rings. The zero-order valence-electron chi connectivity index (χ0n) is 7.72. The van der Waals surface area contributed by atoms with Gasteiger partial charge in [-0.3, -0.25) is 4.79 Å². The number of ether oxygens (including phenoxy) is 1. The average molecular weight is 261 g/mol. The minimum atomic E-state index is -0.435. The molecule has 0 bridgehead atoms. The van der Waals surface area contributed by atoms with Crippen LogP contribution in [0.15, 0.2) is 18.2 Å². The van der Waals surface area contributed by atoms with Crippen molar-refractivity contribution in [1.29, 1.82) is 0 Å². The average Bonchev–Trinajstić information content (AvgIpc) is 2.20. The Kier molecular flexibility index (Phi) is 4.07. The molecule has 1 aromatic carbocycles. The Labute approximate surface area is 90.2 Å². The van der Waals surface area contributed by atoms with E-state index in [1.54, 1.807) is 12.1 Å². The largest absolute Gasteiger partial charge is 0.469 e. The first-order valence-electron chi connectivity index (χ1n) is 4.07. The van der Waals surface area contributed by atoms with Crippen LogP contribution in [0.25, 0.3) is 0 Å². The normalized spacial score (nSPS) is 9.93. The van der Waals surface area contributed by atoms with Crippen LogP contribution < -0.4 is 0 Å². The molecule has 0 heterocycles. The number of hydrogen-bond donors (Lipinski definition) is 0. The lowest BCUT2D eigenvalue weighted by molar-refractivity contribution is -0.139. The quantitative estimate of drug-likeness (QED) is 0.617. The number of methoxy groups -OCH3 is 1. The van der Waals surface area contributed by atoms with Crippen LogP contribution in [0.2, 0.25) is 0 Å². The molecule has 0 unspecified atom stereocenters. The Hall–Kier alpha value is -0.900. The van der Waals surface area contributed by atoms with Gasteiger partial charge in [-0.25, -0.2) is 4.39 Å². The molecule has 0 aliphatic heterocycles. The number of alkyl halides is 1. The molecule has 0 saturated carbocycles. The third-order valence-corrected chi connectivity index (χ3v) is 2.48. The fourth-order valence-corrected chi connectivity index (χ4v) is 1.39. The predicted octanol–water partition coefficient (Wildman–Crippen LogP) is 2.44. The van der Waals surface area contributed by atoms with Crippen molar-refractivity contribution in [2.75, 3.05) is 7.11 Å². The van der Waals surface area contributed by atoms with Crippen LogP contribution in [-0.4, -0.2) is 13.1 Å². The molecule has 0 saturated heterocycles. The van der Waals surface area contributed by atoms with Gasteiger partial charge in [0, 0.05) is 5.33 Å². The van der Waals surface area contributed by atoms with Crippen LogP contribution >= 0.6 is 15.9 Å². The molecular formula is C10H10BrFO2. The molecular weight excluding hydrogens is 251 g/mol. The van der Waals surface area contributed by atoms with Crippen LogP contribution in [0.1, 0.15) is 11.1 Å². The molecule has 0 spiro atoms. The van der Waals surface area contributed by atoms with Gasteiger partial charge < -0.3 is 4.74 Å². The van der Waals surface area contributed by atoms with Gasteiger partial charge in [0.1, 0.15) is 5.82 Å². The molecule has 0 aliphatic carbocycles. The Morgan fingerprint density at radius 3 is 2.79 bits per heavy atom. The topological polar surface area (TPSA) is 26.3 Å². The maximum atomic E-state index is 13.3. The minimum absolute atomic E-state index is 0.0229. The van der Waals surface area contributed by atoms with E-state index in [0.717, 1.165) is 5.56 Å². The molecule has 0 radical (unpaired) electrons. The van der Waals surface area contributed by atoms with E-state index in [2.05, 4.69) is 20.7 Å². The number of rotatable bonds is 3. The summed E-state index contributed by atoms with van der Waals surface area (Å²) in [6.07, 6.45) is -0.0229. The summed E-state index contributed by atoms with van der Waals surface area (Å²) >= 11 is 3.22. The number of carbonyl (C=O) groups is 1. The second-order valence-corrected chi connectivity index (χ2v) is 3.37. The van der Waals surface area contributed by atoms with E-state index in [0.29, 0.717) is 10.9 Å². The number of esters is 1. The summed E-state index contributed by atoms with van der Waals surface area (Å²) in [6, 6.07) is 4.78. The minimum Gasteiger partial charge on any atom is -0.469 e. The van der Waals surface area contributed by atoms with Crippen molar-refractivity contribution in [3.8, 4) is 0 Å². The second kappa shape index (κ2) is 5.10. The predicted molar refractivity (Wildman–Crippen MR) is 54.8 cm³/mol. The SMILES string of the molecule is COC(=O)Cc1ccc(CBr)cc1F. The summed E-state index contributed by atoms with van der Waals surface area (Å²) in [5.41, 5.74) is 1.21. The highest BCUT2D eigenvalue weighted by Crippen LogP contribution is 2.13. The lowest BCUT2D eigenvalue weighted by atomic mass is 10.1. The molecule has 14 heavy (non-hydrogen) atoms. The van der Waals surface area contributed by atoms with Crippen molar-refractivity contribution in [2.45, 2.75) is 11.8 Å². The maximum absolute atomic E-state index is 13.3. The van der Waals surface area contributed by atoms with Crippen LogP contribution in [0, 0.1) is 5.82 Å². The van der Waals surface area contributed by atoms with Crippen molar-refractivity contribution in [3.63, 3.8) is 0 Å². The third kappa shape index (κ3) is 2.80. The molecule has 2 nitrogen and oxygen atoms in total. The molecule has 0 N–H and O–H groups in total. The van der Waals surface area contributed by atoms with Gasteiger partial charge in [0.2, 0.25) is 0 Å². The monoisotopic (exact) mass is 260 g/mol. The highest BCUT2D eigenvalue weighted by molar-refractivity contribution is 9.08. The van der Waals surface area contributed by atoms with E-state index in [-0.39, 0.29) is 12.2 Å². The Morgan fingerprint density at radius 1 is 1.57 bits per heavy atom. The highest BCUT2D eigenvalue weighted by Gasteiger charge is 2.08. The van der Waals surface area contributed by atoms with Gasteiger partial charge in [-0.15, -0.1) is 0 Å². The number of halogens is 2. The van der Waals surface area contributed by atoms with Gasteiger partial charge in [0.15, 0.2) is 0 Å². The second-order valence-electron chi connectivity index (χ2n) is 2.81. The summed E-state index contributed by atoms with van der Waals surface area (Å²) in [5, 5.41) is 0.600. The van der Waals surface area contributed by atoms with E-state index in [1.165, 1.54) is 13.2 Å². The summed E-state index contributed by atoms with van der Waals surface area (Å²) in [6.45, 7) is 0. The molecule has 1 rings (SSSR count). The van der Waals surface area contributed by atoms with Crippen molar-refractivity contribution in [3.05, 3.63) is 35.1 Å². The summed E-state index contributed by atoms with van der Waals surface area (Å²) < 4.78 is 17.8. The number of benzene rings is 1. The standard InChI is InChI=1S/C10H10BrFO2/c1-14-10(13)5-8-3-2-7(6-11)4-9(8)12/h2-4H,5-6H2,1H3.